The number of halogens is 1. The minimum Gasteiger partial charge on any atom is -0.393 e. The maximum atomic E-state index is 12.9. The molecule has 0 aromatic heterocycles. The maximum Gasteiger partial charge on any atom is 0.181 e. The van der Waals surface area contributed by atoms with Gasteiger partial charge in [-0.25, -0.2) is 12.8 Å². The molecule has 2 unspecified atom stereocenters. The van der Waals surface area contributed by atoms with Gasteiger partial charge in [0.2, 0.25) is 0 Å². The van der Waals surface area contributed by atoms with E-state index in [-0.39, 0.29) is 11.3 Å². The fourth-order valence-electron chi connectivity index (χ4n) is 1.48. The van der Waals surface area contributed by atoms with E-state index in [4.69, 9.17) is 5.11 Å². The number of benzene rings is 1. The molecular weight excluding hydrogens is 231 g/mol. The van der Waals surface area contributed by atoms with E-state index in [0.29, 0.717) is 0 Å². The Kier molecular flexibility index (Phi) is 4.04. The van der Waals surface area contributed by atoms with Gasteiger partial charge >= 0.3 is 0 Å². The predicted octanol–water partition coefficient (Wildman–Crippen LogP) is 1.76. The molecule has 1 N–H and O–H groups in total. The van der Waals surface area contributed by atoms with Gasteiger partial charge in [-0.15, -0.1) is 0 Å². The van der Waals surface area contributed by atoms with Crippen molar-refractivity contribution in [2.24, 2.45) is 0 Å². The Morgan fingerprint density at radius 3 is 2.50 bits per heavy atom. The molecule has 0 aliphatic heterocycles. The zero-order valence-electron chi connectivity index (χ0n) is 9.22. The largest absolute Gasteiger partial charge is 0.393 e. The second-order valence-corrected chi connectivity index (χ2v) is 6.26. The summed E-state index contributed by atoms with van der Waals surface area (Å²) < 4.78 is 36.8. The lowest BCUT2D eigenvalue weighted by Crippen LogP contribution is -2.22. The average Bonchev–Trinajstić information content (AvgIpc) is 2.16. The van der Waals surface area contributed by atoms with Gasteiger partial charge in [0.15, 0.2) is 9.84 Å². The van der Waals surface area contributed by atoms with Crippen molar-refractivity contribution in [1.29, 1.82) is 0 Å². The van der Waals surface area contributed by atoms with Gasteiger partial charge in [0.1, 0.15) is 5.82 Å². The van der Waals surface area contributed by atoms with Crippen molar-refractivity contribution in [2.75, 3.05) is 0 Å². The summed E-state index contributed by atoms with van der Waals surface area (Å²) in [6.45, 7) is 3.03. The number of aliphatic hydroxyl groups is 1. The molecule has 1 aromatic rings. The van der Waals surface area contributed by atoms with Crippen LogP contribution in [-0.2, 0) is 9.84 Å². The summed E-state index contributed by atoms with van der Waals surface area (Å²) in [6.07, 6.45) is -0.558. The predicted molar refractivity (Wildman–Crippen MR) is 59.3 cm³/mol. The molecule has 0 aliphatic rings. The normalized spacial score (nSPS) is 15.8. The first-order valence-corrected chi connectivity index (χ1v) is 6.56. The van der Waals surface area contributed by atoms with E-state index < -0.39 is 27.0 Å². The van der Waals surface area contributed by atoms with Crippen molar-refractivity contribution in [3.63, 3.8) is 0 Å². The summed E-state index contributed by atoms with van der Waals surface area (Å²) in [4.78, 5) is -0.0411. The SMILES string of the molecule is CC(O)CC(C)S(=O)(=O)c1cccc(F)c1. The number of aliphatic hydroxyl groups excluding tert-OH is 1. The minimum atomic E-state index is -3.56. The zero-order chi connectivity index (χ0) is 12.3. The van der Waals surface area contributed by atoms with Crippen LogP contribution in [0.5, 0.6) is 0 Å². The highest BCUT2D eigenvalue weighted by Crippen LogP contribution is 2.19. The van der Waals surface area contributed by atoms with Gasteiger partial charge in [-0.3, -0.25) is 0 Å². The van der Waals surface area contributed by atoms with Crippen LogP contribution in [-0.4, -0.2) is 24.9 Å². The molecule has 0 radical (unpaired) electrons. The highest BCUT2D eigenvalue weighted by atomic mass is 32.2. The number of rotatable bonds is 4. The molecule has 0 aliphatic carbocycles. The highest BCUT2D eigenvalue weighted by Gasteiger charge is 2.24. The van der Waals surface area contributed by atoms with E-state index in [1.54, 1.807) is 0 Å². The Morgan fingerprint density at radius 2 is 2.00 bits per heavy atom. The Bertz CT molecular complexity index is 454. The van der Waals surface area contributed by atoms with Gasteiger partial charge in [-0.05, 0) is 38.5 Å². The fourth-order valence-corrected chi connectivity index (χ4v) is 3.02. The fraction of sp³-hybridized carbons (Fsp3) is 0.455. The Morgan fingerprint density at radius 1 is 1.38 bits per heavy atom. The van der Waals surface area contributed by atoms with Crippen LogP contribution < -0.4 is 0 Å². The van der Waals surface area contributed by atoms with Crippen molar-refractivity contribution in [3.05, 3.63) is 30.1 Å². The molecule has 5 heteroatoms. The van der Waals surface area contributed by atoms with Gasteiger partial charge in [-0.1, -0.05) is 6.07 Å². The van der Waals surface area contributed by atoms with Gasteiger partial charge in [0.05, 0.1) is 16.2 Å². The van der Waals surface area contributed by atoms with E-state index in [1.165, 1.54) is 32.0 Å². The van der Waals surface area contributed by atoms with E-state index in [0.717, 1.165) is 6.07 Å². The van der Waals surface area contributed by atoms with E-state index in [9.17, 15) is 12.8 Å². The standard InChI is InChI=1S/C11H15FO3S/c1-8(13)6-9(2)16(14,15)11-5-3-4-10(12)7-11/h3-5,7-9,13H,6H2,1-2H3. The Balaban J connectivity index is 3.02. The van der Waals surface area contributed by atoms with E-state index in [2.05, 4.69) is 0 Å². The summed E-state index contributed by atoms with van der Waals surface area (Å²) in [5, 5.41) is 8.42. The van der Waals surface area contributed by atoms with Crippen molar-refractivity contribution in [1.82, 2.24) is 0 Å². The zero-order valence-corrected chi connectivity index (χ0v) is 10.0. The molecule has 3 nitrogen and oxygen atoms in total. The first kappa shape index (κ1) is 13.1. The molecule has 0 bridgehead atoms. The molecule has 0 saturated heterocycles. The van der Waals surface area contributed by atoms with Crippen LogP contribution in [0.2, 0.25) is 0 Å². The average molecular weight is 246 g/mol. The summed E-state index contributed by atoms with van der Waals surface area (Å²) in [7, 11) is -3.56. The van der Waals surface area contributed by atoms with Crippen LogP contribution in [0.15, 0.2) is 29.2 Å². The quantitative estimate of drug-likeness (QED) is 0.880. The topological polar surface area (TPSA) is 54.4 Å². The van der Waals surface area contributed by atoms with Gasteiger partial charge in [0, 0.05) is 0 Å². The second kappa shape index (κ2) is 4.93. The molecule has 2 atom stereocenters. The van der Waals surface area contributed by atoms with Crippen LogP contribution in [0.25, 0.3) is 0 Å². The molecule has 1 rings (SSSR count). The minimum absolute atomic E-state index is 0.0411. The Labute approximate surface area is 94.8 Å². The summed E-state index contributed by atoms with van der Waals surface area (Å²) in [5.41, 5.74) is 0. The third-order valence-corrected chi connectivity index (χ3v) is 4.49. The molecule has 0 saturated carbocycles. The number of hydrogen-bond acceptors (Lipinski definition) is 3. The van der Waals surface area contributed by atoms with E-state index in [1.807, 2.05) is 0 Å². The molecule has 0 amide bonds. The summed E-state index contributed by atoms with van der Waals surface area (Å²) >= 11 is 0. The van der Waals surface area contributed by atoms with Gasteiger partial charge in [-0.2, -0.15) is 0 Å². The van der Waals surface area contributed by atoms with Crippen LogP contribution in [0.4, 0.5) is 4.39 Å². The van der Waals surface area contributed by atoms with Crippen molar-refractivity contribution in [2.45, 2.75) is 36.5 Å². The van der Waals surface area contributed by atoms with Gasteiger partial charge in [0.25, 0.3) is 0 Å². The van der Waals surface area contributed by atoms with Crippen molar-refractivity contribution >= 4 is 9.84 Å². The Hall–Kier alpha value is -0.940. The molecule has 0 fully saturated rings. The first-order chi connectivity index (χ1) is 7.34. The first-order valence-electron chi connectivity index (χ1n) is 5.01. The lowest BCUT2D eigenvalue weighted by atomic mass is 10.2. The number of sulfone groups is 1. The molecular formula is C11H15FO3S. The van der Waals surface area contributed by atoms with Gasteiger partial charge < -0.3 is 5.11 Å². The van der Waals surface area contributed by atoms with E-state index >= 15 is 0 Å². The highest BCUT2D eigenvalue weighted by molar-refractivity contribution is 7.92. The molecule has 0 spiro atoms. The van der Waals surface area contributed by atoms with Crippen LogP contribution >= 0.6 is 0 Å². The summed E-state index contributed by atoms with van der Waals surface area (Å²) in [6, 6.07) is 4.90. The summed E-state index contributed by atoms with van der Waals surface area (Å²) in [5.74, 6) is -0.578. The van der Waals surface area contributed by atoms with Crippen molar-refractivity contribution in [3.8, 4) is 0 Å². The van der Waals surface area contributed by atoms with Crippen LogP contribution in [0, 0.1) is 5.82 Å². The molecule has 90 valence electrons. The lowest BCUT2D eigenvalue weighted by molar-refractivity contribution is 0.184. The van der Waals surface area contributed by atoms with Crippen LogP contribution in [0.1, 0.15) is 20.3 Å². The molecule has 16 heavy (non-hydrogen) atoms. The number of hydrogen-bond donors (Lipinski definition) is 1. The maximum absolute atomic E-state index is 12.9. The van der Waals surface area contributed by atoms with Crippen molar-refractivity contribution < 1.29 is 17.9 Å². The monoisotopic (exact) mass is 246 g/mol. The molecule has 1 aromatic carbocycles. The van der Waals surface area contributed by atoms with Crippen LogP contribution in [0.3, 0.4) is 0 Å². The molecule has 0 heterocycles. The second-order valence-electron chi connectivity index (χ2n) is 3.90. The third-order valence-electron chi connectivity index (χ3n) is 2.33. The third kappa shape index (κ3) is 3.02. The lowest BCUT2D eigenvalue weighted by Gasteiger charge is -2.14. The smallest absolute Gasteiger partial charge is 0.181 e.